The zero-order chi connectivity index (χ0) is 10.4. The highest BCUT2D eigenvalue weighted by atomic mass is 35.5. The van der Waals surface area contributed by atoms with Gasteiger partial charge in [-0.1, -0.05) is 29.8 Å². The number of hydrogen-bond donors (Lipinski definition) is 2. The summed E-state index contributed by atoms with van der Waals surface area (Å²) in [5, 5.41) is 0.716. The third kappa shape index (κ3) is 3.64. The van der Waals surface area contributed by atoms with Crippen LogP contribution in [0.4, 0.5) is 0 Å². The standard InChI is InChI=1S/C10H15ClN2O/c11-10-4-2-1-3-8(10)6-14-7-9(13)5-12/h1-4,9H,5-7,12-13H2. The normalized spacial score (nSPS) is 12.8. The first-order chi connectivity index (χ1) is 6.74. The molecule has 1 rings (SSSR count). The van der Waals surface area contributed by atoms with E-state index in [1.165, 1.54) is 0 Å². The van der Waals surface area contributed by atoms with E-state index in [1.807, 2.05) is 24.3 Å². The lowest BCUT2D eigenvalue weighted by Crippen LogP contribution is -2.34. The van der Waals surface area contributed by atoms with Crippen LogP contribution in [-0.4, -0.2) is 19.2 Å². The molecule has 3 nitrogen and oxygen atoms in total. The van der Waals surface area contributed by atoms with Crippen molar-refractivity contribution in [2.45, 2.75) is 12.6 Å². The van der Waals surface area contributed by atoms with Crippen LogP contribution in [0.2, 0.25) is 5.02 Å². The predicted molar refractivity (Wildman–Crippen MR) is 58.1 cm³/mol. The number of rotatable bonds is 5. The average Bonchev–Trinajstić information content (AvgIpc) is 2.20. The maximum atomic E-state index is 5.94. The van der Waals surface area contributed by atoms with Crippen LogP contribution in [0, 0.1) is 0 Å². The fourth-order valence-electron chi connectivity index (χ4n) is 1.00. The number of hydrogen-bond acceptors (Lipinski definition) is 3. The lowest BCUT2D eigenvalue weighted by molar-refractivity contribution is 0.109. The molecule has 0 heterocycles. The van der Waals surface area contributed by atoms with Crippen molar-refractivity contribution in [1.29, 1.82) is 0 Å². The molecule has 0 aliphatic heterocycles. The van der Waals surface area contributed by atoms with Gasteiger partial charge in [-0.05, 0) is 11.6 Å². The van der Waals surface area contributed by atoms with Gasteiger partial charge in [-0.3, -0.25) is 0 Å². The van der Waals surface area contributed by atoms with Gasteiger partial charge in [-0.25, -0.2) is 0 Å². The van der Waals surface area contributed by atoms with E-state index >= 15 is 0 Å². The van der Waals surface area contributed by atoms with E-state index in [0.29, 0.717) is 24.8 Å². The highest BCUT2D eigenvalue weighted by molar-refractivity contribution is 6.31. The van der Waals surface area contributed by atoms with E-state index in [4.69, 9.17) is 27.8 Å². The van der Waals surface area contributed by atoms with Crippen molar-refractivity contribution in [2.24, 2.45) is 11.5 Å². The Balaban J connectivity index is 2.35. The van der Waals surface area contributed by atoms with Crippen molar-refractivity contribution in [3.05, 3.63) is 34.9 Å². The second-order valence-corrected chi connectivity index (χ2v) is 3.51. The number of benzene rings is 1. The number of nitrogens with two attached hydrogens (primary N) is 2. The predicted octanol–water partition coefficient (Wildman–Crippen LogP) is 1.14. The minimum Gasteiger partial charge on any atom is -0.375 e. The minimum absolute atomic E-state index is 0.0995. The first-order valence-corrected chi connectivity index (χ1v) is 4.88. The van der Waals surface area contributed by atoms with Crippen molar-refractivity contribution in [1.82, 2.24) is 0 Å². The zero-order valence-electron chi connectivity index (χ0n) is 7.95. The third-order valence-corrected chi connectivity index (χ3v) is 2.22. The summed E-state index contributed by atoms with van der Waals surface area (Å²) in [6.07, 6.45) is 0. The fourth-order valence-corrected chi connectivity index (χ4v) is 1.19. The molecule has 0 saturated heterocycles. The molecule has 0 fully saturated rings. The highest BCUT2D eigenvalue weighted by Gasteiger charge is 2.01. The summed E-state index contributed by atoms with van der Waals surface area (Å²) in [7, 11) is 0. The van der Waals surface area contributed by atoms with Gasteiger partial charge in [0.25, 0.3) is 0 Å². The monoisotopic (exact) mass is 214 g/mol. The first-order valence-electron chi connectivity index (χ1n) is 4.51. The Morgan fingerprint density at radius 1 is 1.36 bits per heavy atom. The summed E-state index contributed by atoms with van der Waals surface area (Å²) < 4.78 is 5.36. The zero-order valence-corrected chi connectivity index (χ0v) is 8.70. The minimum atomic E-state index is -0.0995. The number of ether oxygens (including phenoxy) is 1. The summed E-state index contributed by atoms with van der Waals surface area (Å²) in [4.78, 5) is 0. The molecule has 1 aromatic carbocycles. The molecular weight excluding hydrogens is 200 g/mol. The molecule has 1 aromatic rings. The van der Waals surface area contributed by atoms with Crippen LogP contribution in [0.15, 0.2) is 24.3 Å². The molecule has 0 amide bonds. The van der Waals surface area contributed by atoms with Crippen LogP contribution >= 0.6 is 11.6 Å². The largest absolute Gasteiger partial charge is 0.375 e. The maximum Gasteiger partial charge on any atom is 0.0732 e. The van der Waals surface area contributed by atoms with Crippen molar-refractivity contribution < 1.29 is 4.74 Å². The Morgan fingerprint density at radius 3 is 2.71 bits per heavy atom. The molecule has 0 bridgehead atoms. The topological polar surface area (TPSA) is 61.3 Å². The molecule has 14 heavy (non-hydrogen) atoms. The Morgan fingerprint density at radius 2 is 2.07 bits per heavy atom. The van der Waals surface area contributed by atoms with E-state index in [0.717, 1.165) is 5.56 Å². The van der Waals surface area contributed by atoms with E-state index in [2.05, 4.69) is 0 Å². The summed E-state index contributed by atoms with van der Waals surface area (Å²) in [6, 6.07) is 7.47. The van der Waals surface area contributed by atoms with Gasteiger partial charge in [0.1, 0.15) is 0 Å². The van der Waals surface area contributed by atoms with Crippen molar-refractivity contribution in [3.63, 3.8) is 0 Å². The average molecular weight is 215 g/mol. The van der Waals surface area contributed by atoms with Crippen LogP contribution in [0.5, 0.6) is 0 Å². The van der Waals surface area contributed by atoms with Crippen LogP contribution in [0.1, 0.15) is 5.56 Å². The molecule has 0 aromatic heterocycles. The second-order valence-electron chi connectivity index (χ2n) is 3.10. The Bertz CT molecular complexity index is 281. The molecule has 1 atom stereocenters. The maximum absolute atomic E-state index is 5.94. The summed E-state index contributed by atoms with van der Waals surface area (Å²) in [5.74, 6) is 0. The lowest BCUT2D eigenvalue weighted by atomic mass is 10.2. The van der Waals surface area contributed by atoms with Gasteiger partial charge in [-0.2, -0.15) is 0 Å². The van der Waals surface area contributed by atoms with Gasteiger partial charge in [0, 0.05) is 17.6 Å². The summed E-state index contributed by atoms with van der Waals surface area (Å²) >= 11 is 5.94. The molecule has 0 spiro atoms. The van der Waals surface area contributed by atoms with Gasteiger partial charge in [-0.15, -0.1) is 0 Å². The number of halogens is 1. The SMILES string of the molecule is NCC(N)COCc1ccccc1Cl. The third-order valence-electron chi connectivity index (χ3n) is 1.85. The molecule has 4 N–H and O–H groups in total. The van der Waals surface area contributed by atoms with Crippen molar-refractivity contribution >= 4 is 11.6 Å². The van der Waals surface area contributed by atoms with Gasteiger partial charge < -0.3 is 16.2 Å². The van der Waals surface area contributed by atoms with Gasteiger partial charge in [0.05, 0.1) is 13.2 Å². The molecule has 0 saturated carbocycles. The van der Waals surface area contributed by atoms with E-state index in [9.17, 15) is 0 Å². The quantitative estimate of drug-likeness (QED) is 0.773. The van der Waals surface area contributed by atoms with Crippen LogP contribution in [0.3, 0.4) is 0 Å². The molecule has 4 heteroatoms. The first kappa shape index (κ1) is 11.5. The van der Waals surface area contributed by atoms with E-state index in [1.54, 1.807) is 0 Å². The van der Waals surface area contributed by atoms with Gasteiger partial charge >= 0.3 is 0 Å². The molecule has 0 aliphatic carbocycles. The molecule has 78 valence electrons. The Labute approximate surface area is 89.0 Å². The van der Waals surface area contributed by atoms with Crippen LogP contribution in [0.25, 0.3) is 0 Å². The van der Waals surface area contributed by atoms with Crippen molar-refractivity contribution in [2.75, 3.05) is 13.2 Å². The van der Waals surface area contributed by atoms with Crippen LogP contribution in [-0.2, 0) is 11.3 Å². The molecule has 1 unspecified atom stereocenters. The molecule has 0 aliphatic rings. The van der Waals surface area contributed by atoms with E-state index < -0.39 is 0 Å². The molecule has 0 radical (unpaired) electrons. The summed E-state index contributed by atoms with van der Waals surface area (Å²) in [6.45, 7) is 1.37. The smallest absolute Gasteiger partial charge is 0.0732 e. The second kappa shape index (κ2) is 5.98. The highest BCUT2D eigenvalue weighted by Crippen LogP contribution is 2.15. The summed E-state index contributed by atoms with van der Waals surface area (Å²) in [5.41, 5.74) is 11.9. The Kier molecular flexibility index (Phi) is 4.90. The van der Waals surface area contributed by atoms with E-state index in [-0.39, 0.29) is 6.04 Å². The van der Waals surface area contributed by atoms with Gasteiger partial charge in [0.2, 0.25) is 0 Å². The lowest BCUT2D eigenvalue weighted by Gasteiger charge is -2.10. The van der Waals surface area contributed by atoms with Gasteiger partial charge in [0.15, 0.2) is 0 Å². The Hall–Kier alpha value is -0.610. The van der Waals surface area contributed by atoms with Crippen molar-refractivity contribution in [3.8, 4) is 0 Å². The fraction of sp³-hybridized carbons (Fsp3) is 0.400. The molecular formula is C10H15ClN2O. The van der Waals surface area contributed by atoms with Crippen LogP contribution < -0.4 is 11.5 Å².